The van der Waals surface area contributed by atoms with Crippen molar-refractivity contribution in [2.24, 2.45) is 5.92 Å². The number of para-hydroxylation sites is 1. The van der Waals surface area contributed by atoms with Gasteiger partial charge in [-0.2, -0.15) is 0 Å². The molecule has 0 fully saturated rings. The zero-order valence-corrected chi connectivity index (χ0v) is 16.1. The third kappa shape index (κ3) is 3.42. The lowest BCUT2D eigenvalue weighted by Gasteiger charge is -2.24. The van der Waals surface area contributed by atoms with Gasteiger partial charge < -0.3 is 10.6 Å². The zero-order chi connectivity index (χ0) is 19.8. The fraction of sp³-hybridized carbons (Fsp3) is 0.200. The monoisotopic (exact) mass is 382 g/mol. The minimum absolute atomic E-state index is 0.00629. The van der Waals surface area contributed by atoms with Crippen molar-refractivity contribution in [3.05, 3.63) is 83.4 Å². The molecule has 0 saturated carbocycles. The summed E-state index contributed by atoms with van der Waals surface area (Å²) in [6.45, 7) is 0. The van der Waals surface area contributed by atoms with E-state index in [1.807, 2.05) is 30.3 Å². The van der Waals surface area contributed by atoms with Crippen molar-refractivity contribution < 1.29 is 9.59 Å². The van der Waals surface area contributed by atoms with E-state index >= 15 is 0 Å². The number of carbonyl (C=O) groups is 2. The smallest absolute Gasteiger partial charge is 0.227 e. The molecule has 3 aromatic rings. The van der Waals surface area contributed by atoms with Gasteiger partial charge in [0, 0.05) is 23.7 Å². The van der Waals surface area contributed by atoms with Crippen LogP contribution in [0.5, 0.6) is 0 Å². The Hall–Kier alpha value is -3.40. The first-order chi connectivity index (χ1) is 14.2. The number of hydrogen-bond acceptors (Lipinski definition) is 2. The molecular formula is C25H22N2O2. The predicted molar refractivity (Wildman–Crippen MR) is 115 cm³/mol. The second-order valence-electron chi connectivity index (χ2n) is 7.84. The fourth-order valence-corrected chi connectivity index (χ4v) is 4.40. The van der Waals surface area contributed by atoms with Crippen LogP contribution >= 0.6 is 0 Å². The molecule has 1 atom stereocenters. The quantitative estimate of drug-likeness (QED) is 0.533. The number of fused-ring (bicyclic) bond motifs is 4. The number of rotatable bonds is 4. The summed E-state index contributed by atoms with van der Waals surface area (Å²) < 4.78 is 0. The maximum absolute atomic E-state index is 12.5. The molecule has 2 amide bonds. The van der Waals surface area contributed by atoms with Crippen LogP contribution in [0.4, 0.5) is 11.4 Å². The van der Waals surface area contributed by atoms with Crippen LogP contribution in [0.25, 0.3) is 11.1 Å². The number of hydrogen-bond donors (Lipinski definition) is 2. The SMILES string of the molecule is O=C(CC[C@H]1Cc2ccccc2NC1=O)Nc1ccc2c(c1)Cc1ccccc1-2. The van der Waals surface area contributed by atoms with Crippen LogP contribution in [0.2, 0.25) is 0 Å². The van der Waals surface area contributed by atoms with Crippen molar-refractivity contribution in [2.45, 2.75) is 25.7 Å². The van der Waals surface area contributed by atoms with Gasteiger partial charge in [0.05, 0.1) is 0 Å². The zero-order valence-electron chi connectivity index (χ0n) is 16.1. The molecule has 0 unspecified atom stereocenters. The van der Waals surface area contributed by atoms with Gasteiger partial charge in [0.2, 0.25) is 11.8 Å². The van der Waals surface area contributed by atoms with Crippen molar-refractivity contribution >= 4 is 23.2 Å². The summed E-state index contributed by atoms with van der Waals surface area (Å²) in [6.07, 6.45) is 2.46. The van der Waals surface area contributed by atoms with Crippen molar-refractivity contribution in [3.63, 3.8) is 0 Å². The number of benzene rings is 3. The minimum Gasteiger partial charge on any atom is -0.326 e. The molecule has 4 nitrogen and oxygen atoms in total. The molecule has 1 aliphatic heterocycles. The third-order valence-corrected chi connectivity index (χ3v) is 5.91. The van der Waals surface area contributed by atoms with Crippen molar-refractivity contribution in [1.82, 2.24) is 0 Å². The van der Waals surface area contributed by atoms with Crippen LogP contribution < -0.4 is 10.6 Å². The van der Waals surface area contributed by atoms with E-state index in [4.69, 9.17) is 0 Å². The molecule has 1 heterocycles. The predicted octanol–water partition coefficient (Wildman–Crippen LogP) is 4.79. The summed E-state index contributed by atoms with van der Waals surface area (Å²) in [7, 11) is 0. The fourth-order valence-electron chi connectivity index (χ4n) is 4.40. The molecule has 0 aromatic heterocycles. The molecule has 144 valence electrons. The molecule has 2 N–H and O–H groups in total. The molecular weight excluding hydrogens is 360 g/mol. The van der Waals surface area contributed by atoms with Crippen LogP contribution in [-0.4, -0.2) is 11.8 Å². The summed E-state index contributed by atoms with van der Waals surface area (Å²) in [5.41, 5.74) is 7.94. The Kier molecular flexibility index (Phi) is 4.39. The highest BCUT2D eigenvalue weighted by molar-refractivity contribution is 5.96. The van der Waals surface area contributed by atoms with Gasteiger partial charge in [-0.1, -0.05) is 48.5 Å². The summed E-state index contributed by atoms with van der Waals surface area (Å²) in [6, 6.07) is 22.4. The highest BCUT2D eigenvalue weighted by atomic mass is 16.2. The van der Waals surface area contributed by atoms with Crippen molar-refractivity contribution in [1.29, 1.82) is 0 Å². The standard InChI is InChI=1S/C25H22N2O2/c28-24(12-9-18-14-17-6-2-4-8-23(17)27-25(18)29)26-20-10-11-22-19(15-20)13-16-5-1-3-7-21(16)22/h1-8,10-11,15,18H,9,12-14H2,(H,26,28)(H,27,29)/t18-/m0/s1. The second-order valence-corrected chi connectivity index (χ2v) is 7.84. The molecule has 2 aliphatic rings. The van der Waals surface area contributed by atoms with E-state index < -0.39 is 0 Å². The lowest BCUT2D eigenvalue weighted by molar-refractivity contribution is -0.121. The van der Waals surface area contributed by atoms with Gasteiger partial charge in [0.25, 0.3) is 0 Å². The van der Waals surface area contributed by atoms with Crippen LogP contribution in [0.1, 0.15) is 29.5 Å². The summed E-state index contributed by atoms with van der Waals surface area (Å²) in [5.74, 6) is -0.205. The van der Waals surface area contributed by atoms with Crippen molar-refractivity contribution in [2.75, 3.05) is 10.6 Å². The Morgan fingerprint density at radius 2 is 1.69 bits per heavy atom. The van der Waals surface area contributed by atoms with E-state index in [0.717, 1.165) is 23.4 Å². The van der Waals surface area contributed by atoms with E-state index in [1.54, 1.807) is 0 Å². The minimum atomic E-state index is -0.162. The van der Waals surface area contributed by atoms with Gasteiger partial charge in [0.15, 0.2) is 0 Å². The van der Waals surface area contributed by atoms with Gasteiger partial charge in [-0.3, -0.25) is 9.59 Å². The normalized spacial score (nSPS) is 16.4. The number of anilines is 2. The Labute approximate surface area is 170 Å². The summed E-state index contributed by atoms with van der Waals surface area (Å²) in [5, 5.41) is 5.95. The molecule has 1 aliphatic carbocycles. The van der Waals surface area contributed by atoms with Crippen LogP contribution in [0.3, 0.4) is 0 Å². The van der Waals surface area contributed by atoms with E-state index in [9.17, 15) is 9.59 Å². The molecule has 0 radical (unpaired) electrons. The topological polar surface area (TPSA) is 58.2 Å². The maximum atomic E-state index is 12.5. The molecule has 5 rings (SSSR count). The lowest BCUT2D eigenvalue weighted by atomic mass is 9.89. The Morgan fingerprint density at radius 3 is 2.59 bits per heavy atom. The highest BCUT2D eigenvalue weighted by Gasteiger charge is 2.26. The third-order valence-electron chi connectivity index (χ3n) is 5.91. The lowest BCUT2D eigenvalue weighted by Crippen LogP contribution is -2.30. The highest BCUT2D eigenvalue weighted by Crippen LogP contribution is 2.37. The van der Waals surface area contributed by atoms with Crippen LogP contribution in [0, 0.1) is 5.92 Å². The van der Waals surface area contributed by atoms with Gasteiger partial charge in [-0.15, -0.1) is 0 Å². The first-order valence-electron chi connectivity index (χ1n) is 10.1. The van der Waals surface area contributed by atoms with E-state index in [0.29, 0.717) is 19.3 Å². The molecule has 0 spiro atoms. The Balaban J connectivity index is 1.21. The number of carbonyl (C=O) groups excluding carboxylic acids is 2. The molecule has 0 saturated heterocycles. The average Bonchev–Trinajstić information content (AvgIpc) is 3.10. The Bertz CT molecular complexity index is 1120. The molecule has 3 aromatic carbocycles. The van der Waals surface area contributed by atoms with E-state index in [1.165, 1.54) is 22.3 Å². The largest absolute Gasteiger partial charge is 0.326 e. The van der Waals surface area contributed by atoms with Gasteiger partial charge in [0.1, 0.15) is 0 Å². The van der Waals surface area contributed by atoms with Gasteiger partial charge in [-0.25, -0.2) is 0 Å². The van der Waals surface area contributed by atoms with E-state index in [-0.39, 0.29) is 17.7 Å². The molecule has 4 heteroatoms. The number of amides is 2. The van der Waals surface area contributed by atoms with E-state index in [2.05, 4.69) is 47.0 Å². The average molecular weight is 382 g/mol. The molecule has 0 bridgehead atoms. The first kappa shape index (κ1) is 17.7. The summed E-state index contributed by atoms with van der Waals surface area (Å²) in [4.78, 5) is 24.8. The van der Waals surface area contributed by atoms with Crippen LogP contribution in [-0.2, 0) is 22.4 Å². The maximum Gasteiger partial charge on any atom is 0.227 e. The first-order valence-corrected chi connectivity index (χ1v) is 10.1. The van der Waals surface area contributed by atoms with Gasteiger partial charge in [-0.05, 0) is 65.3 Å². The Morgan fingerprint density at radius 1 is 0.931 bits per heavy atom. The number of nitrogens with one attached hydrogen (secondary N) is 2. The van der Waals surface area contributed by atoms with Crippen LogP contribution in [0.15, 0.2) is 66.7 Å². The van der Waals surface area contributed by atoms with Crippen molar-refractivity contribution in [3.8, 4) is 11.1 Å². The molecule has 29 heavy (non-hydrogen) atoms. The second kappa shape index (κ2) is 7.21. The summed E-state index contributed by atoms with van der Waals surface area (Å²) >= 11 is 0. The van der Waals surface area contributed by atoms with Gasteiger partial charge >= 0.3 is 0 Å².